The number of piperidine rings is 1. The first-order valence-electron chi connectivity index (χ1n) is 9.33. The smallest absolute Gasteiger partial charge is 0.257 e. The Morgan fingerprint density at radius 3 is 3.04 bits per heavy atom. The molecule has 142 valence electrons. The first-order chi connectivity index (χ1) is 13.8. The van der Waals surface area contributed by atoms with Crippen LogP contribution in [0.2, 0.25) is 0 Å². The second-order valence-electron chi connectivity index (χ2n) is 6.96. The summed E-state index contributed by atoms with van der Waals surface area (Å²) in [6, 6.07) is 11.8. The molecule has 0 radical (unpaired) electrons. The van der Waals surface area contributed by atoms with Gasteiger partial charge < -0.3 is 13.9 Å². The highest BCUT2D eigenvalue weighted by Crippen LogP contribution is 2.30. The maximum absolute atomic E-state index is 12.9. The molecule has 1 aromatic carbocycles. The molecule has 1 unspecified atom stereocenters. The lowest BCUT2D eigenvalue weighted by Gasteiger charge is -2.31. The van der Waals surface area contributed by atoms with Crippen LogP contribution < -0.4 is 0 Å². The number of imidazole rings is 1. The van der Waals surface area contributed by atoms with Crippen molar-refractivity contribution in [1.82, 2.24) is 24.6 Å². The quantitative estimate of drug-likeness (QED) is 0.530. The van der Waals surface area contributed by atoms with Crippen LogP contribution in [0.1, 0.15) is 24.7 Å². The number of thiophene rings is 1. The molecule has 0 aliphatic carbocycles. The van der Waals surface area contributed by atoms with Crippen molar-refractivity contribution in [2.24, 2.45) is 0 Å². The highest BCUT2D eigenvalue weighted by molar-refractivity contribution is 7.13. The molecule has 7 nitrogen and oxygen atoms in total. The molecule has 1 saturated heterocycles. The van der Waals surface area contributed by atoms with E-state index in [-0.39, 0.29) is 18.4 Å². The molecule has 1 aliphatic rings. The Kier molecular flexibility index (Phi) is 4.40. The van der Waals surface area contributed by atoms with Crippen molar-refractivity contribution >= 4 is 28.3 Å². The fraction of sp³-hybridized carbons (Fsp3) is 0.300. The van der Waals surface area contributed by atoms with Gasteiger partial charge >= 0.3 is 0 Å². The van der Waals surface area contributed by atoms with Gasteiger partial charge in [-0.15, -0.1) is 21.5 Å². The van der Waals surface area contributed by atoms with Crippen LogP contribution in [-0.4, -0.2) is 43.6 Å². The summed E-state index contributed by atoms with van der Waals surface area (Å²) < 4.78 is 7.80. The van der Waals surface area contributed by atoms with Gasteiger partial charge in [-0.25, -0.2) is 4.98 Å². The van der Waals surface area contributed by atoms with E-state index in [0.29, 0.717) is 18.3 Å². The predicted molar refractivity (Wildman–Crippen MR) is 106 cm³/mol. The maximum atomic E-state index is 12.9. The topological polar surface area (TPSA) is 77.1 Å². The Morgan fingerprint density at radius 1 is 1.21 bits per heavy atom. The third-order valence-corrected chi connectivity index (χ3v) is 5.99. The average Bonchev–Trinajstić information content (AvgIpc) is 3.49. The van der Waals surface area contributed by atoms with E-state index in [1.54, 1.807) is 17.7 Å². The predicted octanol–water partition coefficient (Wildman–Crippen LogP) is 3.55. The number of para-hydroxylation sites is 2. The van der Waals surface area contributed by atoms with Crippen molar-refractivity contribution in [3.8, 4) is 10.8 Å². The summed E-state index contributed by atoms with van der Waals surface area (Å²) in [5.74, 6) is 1.34. The van der Waals surface area contributed by atoms with Gasteiger partial charge in [-0.1, -0.05) is 18.2 Å². The fourth-order valence-corrected chi connectivity index (χ4v) is 4.33. The third-order valence-electron chi connectivity index (χ3n) is 5.13. The summed E-state index contributed by atoms with van der Waals surface area (Å²) in [6.07, 6.45) is 3.61. The van der Waals surface area contributed by atoms with Gasteiger partial charge in [-0.05, 0) is 36.4 Å². The Labute approximate surface area is 165 Å². The minimum absolute atomic E-state index is 0.0819. The number of aromatic nitrogens is 4. The van der Waals surface area contributed by atoms with Crippen LogP contribution in [0.4, 0.5) is 0 Å². The van der Waals surface area contributed by atoms with Crippen molar-refractivity contribution in [3.05, 3.63) is 54.0 Å². The zero-order valence-corrected chi connectivity index (χ0v) is 16.0. The van der Waals surface area contributed by atoms with Crippen LogP contribution >= 0.6 is 11.3 Å². The van der Waals surface area contributed by atoms with Crippen molar-refractivity contribution in [2.45, 2.75) is 25.3 Å². The molecule has 1 aliphatic heterocycles. The average molecular weight is 393 g/mol. The van der Waals surface area contributed by atoms with Gasteiger partial charge in [0.1, 0.15) is 6.54 Å². The van der Waals surface area contributed by atoms with Gasteiger partial charge in [0.25, 0.3) is 5.89 Å². The minimum Gasteiger partial charge on any atom is -0.420 e. The normalized spacial score (nSPS) is 17.3. The molecule has 4 aromatic rings. The number of rotatable bonds is 4. The molecule has 1 fully saturated rings. The highest BCUT2D eigenvalue weighted by Gasteiger charge is 2.28. The van der Waals surface area contributed by atoms with E-state index in [0.717, 1.165) is 35.3 Å². The standard InChI is InChI=1S/C20H19N5O2S/c26-18(12-25-13-21-15-6-1-2-7-16(15)25)24-9-3-5-14(11-24)19-22-23-20(27-19)17-8-4-10-28-17/h1-2,4,6-8,10,13-14H,3,5,9,11-12H2. The summed E-state index contributed by atoms with van der Waals surface area (Å²) in [6.45, 7) is 1.66. The second kappa shape index (κ2) is 7.20. The van der Waals surface area contributed by atoms with Gasteiger partial charge in [-0.2, -0.15) is 0 Å². The highest BCUT2D eigenvalue weighted by atomic mass is 32.1. The van der Waals surface area contributed by atoms with Gasteiger partial charge in [-0.3, -0.25) is 4.79 Å². The van der Waals surface area contributed by atoms with Crippen LogP contribution in [0.3, 0.4) is 0 Å². The largest absolute Gasteiger partial charge is 0.420 e. The number of amides is 1. The van der Waals surface area contributed by atoms with Crippen molar-refractivity contribution in [2.75, 3.05) is 13.1 Å². The van der Waals surface area contributed by atoms with Crippen LogP contribution in [0, 0.1) is 0 Å². The summed E-state index contributed by atoms with van der Waals surface area (Å²) in [5.41, 5.74) is 1.88. The molecule has 4 heterocycles. The van der Waals surface area contributed by atoms with Gasteiger partial charge in [0.15, 0.2) is 0 Å². The van der Waals surface area contributed by atoms with Gasteiger partial charge in [0.2, 0.25) is 11.8 Å². The SMILES string of the molecule is O=C(Cn1cnc2ccccc21)N1CCCC(c2nnc(-c3cccs3)o2)C1. The summed E-state index contributed by atoms with van der Waals surface area (Å²) in [4.78, 5) is 20.1. The van der Waals surface area contributed by atoms with Crippen LogP contribution in [-0.2, 0) is 11.3 Å². The van der Waals surface area contributed by atoms with Crippen LogP contribution in [0.25, 0.3) is 21.8 Å². The molecule has 0 spiro atoms. The van der Waals surface area contributed by atoms with Crippen molar-refractivity contribution < 1.29 is 9.21 Å². The Hall–Kier alpha value is -3.00. The number of fused-ring (bicyclic) bond motifs is 1. The first-order valence-corrected chi connectivity index (χ1v) is 10.2. The van der Waals surface area contributed by atoms with E-state index >= 15 is 0 Å². The summed E-state index contributed by atoms with van der Waals surface area (Å²) in [5, 5.41) is 10.4. The monoisotopic (exact) mass is 393 g/mol. The Morgan fingerprint density at radius 2 is 2.14 bits per heavy atom. The van der Waals surface area contributed by atoms with Crippen molar-refractivity contribution in [1.29, 1.82) is 0 Å². The summed E-state index contributed by atoms with van der Waals surface area (Å²) in [7, 11) is 0. The molecule has 0 bridgehead atoms. The number of likely N-dealkylation sites (tertiary alicyclic amines) is 1. The number of hydrogen-bond donors (Lipinski definition) is 0. The van der Waals surface area contributed by atoms with Gasteiger partial charge in [0.05, 0.1) is 28.2 Å². The second-order valence-corrected chi connectivity index (χ2v) is 7.91. The zero-order valence-electron chi connectivity index (χ0n) is 15.2. The maximum Gasteiger partial charge on any atom is 0.257 e. The van der Waals surface area contributed by atoms with Crippen LogP contribution in [0.15, 0.2) is 52.5 Å². The minimum atomic E-state index is 0.0819. The van der Waals surface area contributed by atoms with E-state index in [4.69, 9.17) is 4.42 Å². The molecule has 3 aromatic heterocycles. The Bertz CT molecular complexity index is 1100. The molecule has 0 saturated carbocycles. The van der Waals surface area contributed by atoms with Crippen molar-refractivity contribution in [3.63, 3.8) is 0 Å². The molecule has 8 heteroatoms. The fourth-order valence-electron chi connectivity index (χ4n) is 3.69. The zero-order chi connectivity index (χ0) is 18.9. The lowest BCUT2D eigenvalue weighted by atomic mass is 9.98. The van der Waals surface area contributed by atoms with E-state index in [9.17, 15) is 4.79 Å². The number of carbonyl (C=O) groups excluding carboxylic acids is 1. The number of benzene rings is 1. The first kappa shape index (κ1) is 17.1. The molecule has 1 amide bonds. The summed E-state index contributed by atoms with van der Waals surface area (Å²) >= 11 is 1.57. The molecule has 0 N–H and O–H groups in total. The van der Waals surface area contributed by atoms with E-state index in [1.807, 2.05) is 51.2 Å². The molecular weight excluding hydrogens is 374 g/mol. The number of nitrogens with zero attached hydrogens (tertiary/aromatic N) is 5. The van der Waals surface area contributed by atoms with E-state index in [1.165, 1.54) is 0 Å². The molecule has 5 rings (SSSR count). The van der Waals surface area contributed by atoms with Crippen LogP contribution in [0.5, 0.6) is 0 Å². The number of hydrogen-bond acceptors (Lipinski definition) is 6. The number of carbonyl (C=O) groups is 1. The lowest BCUT2D eigenvalue weighted by Crippen LogP contribution is -2.40. The third kappa shape index (κ3) is 3.20. The molecule has 1 atom stereocenters. The van der Waals surface area contributed by atoms with E-state index < -0.39 is 0 Å². The lowest BCUT2D eigenvalue weighted by molar-refractivity contribution is -0.133. The molecular formula is C20H19N5O2S. The van der Waals surface area contributed by atoms with Gasteiger partial charge in [0, 0.05) is 13.1 Å². The Balaban J connectivity index is 1.29. The molecule has 28 heavy (non-hydrogen) atoms. The van der Waals surface area contributed by atoms with E-state index in [2.05, 4.69) is 15.2 Å².